The SMILES string of the molecule is CN(C)c1ccc(C(F)(F)[Si](C)(C)C)cc1. The van der Waals surface area contributed by atoms with Crippen molar-refractivity contribution in [1.29, 1.82) is 0 Å². The molecule has 1 nitrogen and oxygen atoms in total. The standard InChI is InChI=1S/C12H19F2NSi/c1-15(2)11-8-6-10(7-9-11)12(13,14)16(3,4)5/h6-9H,1-5H3. The Labute approximate surface area is 97.1 Å². The molecule has 4 heteroatoms. The van der Waals surface area contributed by atoms with Crippen LogP contribution in [0.1, 0.15) is 5.56 Å². The molecule has 90 valence electrons. The fraction of sp³-hybridized carbons (Fsp3) is 0.500. The van der Waals surface area contributed by atoms with E-state index in [0.29, 0.717) is 0 Å². The lowest BCUT2D eigenvalue weighted by Gasteiger charge is -2.29. The summed E-state index contributed by atoms with van der Waals surface area (Å²) in [6.07, 6.45) is 0. The molecule has 0 amide bonds. The molecule has 0 saturated heterocycles. The van der Waals surface area contributed by atoms with Gasteiger partial charge in [0.2, 0.25) is 0 Å². The number of hydrogen-bond acceptors (Lipinski definition) is 1. The Balaban J connectivity index is 3.07. The van der Waals surface area contributed by atoms with Crippen molar-refractivity contribution in [2.75, 3.05) is 19.0 Å². The summed E-state index contributed by atoms with van der Waals surface area (Å²) in [6.45, 7) is 5.06. The Morgan fingerprint density at radius 3 is 1.75 bits per heavy atom. The van der Waals surface area contributed by atoms with Gasteiger partial charge in [-0.05, 0) is 12.1 Å². The number of benzene rings is 1. The van der Waals surface area contributed by atoms with Crippen LogP contribution >= 0.6 is 0 Å². The molecule has 1 aromatic carbocycles. The molecule has 1 aromatic rings. The molecular formula is C12H19F2NSi. The van der Waals surface area contributed by atoms with Crippen molar-refractivity contribution >= 4 is 13.8 Å². The van der Waals surface area contributed by atoms with E-state index in [2.05, 4.69) is 0 Å². The van der Waals surface area contributed by atoms with Crippen molar-refractivity contribution in [3.63, 3.8) is 0 Å². The third-order valence-electron chi connectivity index (χ3n) is 2.69. The first kappa shape index (κ1) is 13.2. The normalized spacial score (nSPS) is 12.7. The van der Waals surface area contributed by atoms with Gasteiger partial charge in [-0.3, -0.25) is 0 Å². The molecule has 0 bridgehead atoms. The van der Waals surface area contributed by atoms with Gasteiger partial charge in [-0.15, -0.1) is 0 Å². The fourth-order valence-electron chi connectivity index (χ4n) is 1.40. The second-order valence-corrected chi connectivity index (χ2v) is 10.4. The van der Waals surface area contributed by atoms with Crippen LogP contribution in [0.25, 0.3) is 0 Å². The van der Waals surface area contributed by atoms with E-state index in [1.54, 1.807) is 31.8 Å². The zero-order chi connectivity index (χ0) is 12.6. The molecule has 1 rings (SSSR count). The zero-order valence-corrected chi connectivity index (χ0v) is 11.5. The summed E-state index contributed by atoms with van der Waals surface area (Å²) >= 11 is 0. The third-order valence-corrected chi connectivity index (χ3v) is 4.86. The molecule has 0 radical (unpaired) electrons. The quantitative estimate of drug-likeness (QED) is 0.731. The van der Waals surface area contributed by atoms with Crippen molar-refractivity contribution in [1.82, 2.24) is 0 Å². The van der Waals surface area contributed by atoms with Crippen molar-refractivity contribution in [3.8, 4) is 0 Å². The Morgan fingerprint density at radius 1 is 1.00 bits per heavy atom. The predicted molar refractivity (Wildman–Crippen MR) is 68.0 cm³/mol. The van der Waals surface area contributed by atoms with E-state index in [9.17, 15) is 8.78 Å². The minimum absolute atomic E-state index is 0.136. The molecule has 0 saturated carbocycles. The highest BCUT2D eigenvalue weighted by Crippen LogP contribution is 2.37. The van der Waals surface area contributed by atoms with Gasteiger partial charge in [-0.2, -0.15) is 0 Å². The number of rotatable bonds is 3. The Bertz CT molecular complexity index is 352. The second-order valence-electron chi connectivity index (χ2n) is 5.27. The van der Waals surface area contributed by atoms with Crippen LogP contribution in [0, 0.1) is 0 Å². The summed E-state index contributed by atoms with van der Waals surface area (Å²) in [6, 6.07) is 6.55. The van der Waals surface area contributed by atoms with Crippen LogP contribution in [-0.4, -0.2) is 22.2 Å². The molecule has 0 fully saturated rings. The summed E-state index contributed by atoms with van der Waals surface area (Å²) in [5.41, 5.74) is -1.59. The summed E-state index contributed by atoms with van der Waals surface area (Å²) in [4.78, 5) is 1.90. The Morgan fingerprint density at radius 2 is 1.44 bits per heavy atom. The molecule has 0 aliphatic carbocycles. The first-order chi connectivity index (χ1) is 7.16. The second kappa shape index (κ2) is 4.16. The summed E-state index contributed by atoms with van der Waals surface area (Å²) < 4.78 is 28.1. The van der Waals surface area contributed by atoms with E-state index in [1.807, 2.05) is 19.0 Å². The largest absolute Gasteiger partial charge is 0.378 e. The van der Waals surface area contributed by atoms with E-state index in [0.717, 1.165) is 5.69 Å². The van der Waals surface area contributed by atoms with Gasteiger partial charge in [0.15, 0.2) is 0 Å². The lowest BCUT2D eigenvalue weighted by atomic mass is 10.2. The molecular weight excluding hydrogens is 224 g/mol. The Hall–Kier alpha value is -0.903. The highest BCUT2D eigenvalue weighted by molar-refractivity contribution is 6.78. The van der Waals surface area contributed by atoms with Gasteiger partial charge in [0, 0.05) is 25.3 Å². The van der Waals surface area contributed by atoms with Crippen LogP contribution < -0.4 is 4.90 Å². The number of anilines is 1. The number of alkyl halides is 2. The van der Waals surface area contributed by atoms with Gasteiger partial charge in [-0.25, -0.2) is 8.78 Å². The van der Waals surface area contributed by atoms with Crippen LogP contribution in [-0.2, 0) is 5.55 Å². The lowest BCUT2D eigenvalue weighted by molar-refractivity contribution is 0.0795. The lowest BCUT2D eigenvalue weighted by Crippen LogP contribution is -2.42. The summed E-state index contributed by atoms with van der Waals surface area (Å²) in [7, 11) is 1.27. The highest BCUT2D eigenvalue weighted by Gasteiger charge is 2.46. The van der Waals surface area contributed by atoms with Crippen LogP contribution in [0.2, 0.25) is 19.6 Å². The molecule has 0 unspecified atom stereocenters. The molecule has 0 atom stereocenters. The molecule has 0 aliphatic heterocycles. The maximum atomic E-state index is 14.0. The third kappa shape index (κ3) is 2.43. The molecule has 0 spiro atoms. The van der Waals surface area contributed by atoms with E-state index >= 15 is 0 Å². The number of halogens is 2. The van der Waals surface area contributed by atoms with E-state index < -0.39 is 13.6 Å². The topological polar surface area (TPSA) is 3.24 Å². The van der Waals surface area contributed by atoms with E-state index in [1.165, 1.54) is 12.1 Å². The molecule has 0 aromatic heterocycles. The maximum absolute atomic E-state index is 14.0. The van der Waals surface area contributed by atoms with Gasteiger partial charge in [-0.1, -0.05) is 31.8 Å². The zero-order valence-electron chi connectivity index (χ0n) is 10.5. The molecule has 16 heavy (non-hydrogen) atoms. The number of hydrogen-bond donors (Lipinski definition) is 0. The van der Waals surface area contributed by atoms with Gasteiger partial charge in [0.1, 0.15) is 8.07 Å². The van der Waals surface area contributed by atoms with E-state index in [4.69, 9.17) is 0 Å². The van der Waals surface area contributed by atoms with E-state index in [-0.39, 0.29) is 5.56 Å². The first-order valence-corrected chi connectivity index (χ1v) is 8.82. The fourth-order valence-corrected chi connectivity index (χ4v) is 2.43. The predicted octanol–water partition coefficient (Wildman–Crippen LogP) is 3.72. The van der Waals surface area contributed by atoms with Crippen LogP contribution in [0.3, 0.4) is 0 Å². The minimum atomic E-state index is -2.67. The number of nitrogens with zero attached hydrogens (tertiary/aromatic N) is 1. The minimum Gasteiger partial charge on any atom is -0.378 e. The van der Waals surface area contributed by atoms with Crippen molar-refractivity contribution in [2.24, 2.45) is 0 Å². The average Bonchev–Trinajstić information content (AvgIpc) is 2.16. The first-order valence-electron chi connectivity index (χ1n) is 5.32. The van der Waals surface area contributed by atoms with Crippen LogP contribution in [0.5, 0.6) is 0 Å². The van der Waals surface area contributed by atoms with Gasteiger partial charge in [0.05, 0.1) is 0 Å². The molecule has 0 aliphatic rings. The van der Waals surface area contributed by atoms with Crippen molar-refractivity contribution in [3.05, 3.63) is 29.8 Å². The van der Waals surface area contributed by atoms with Crippen LogP contribution in [0.4, 0.5) is 14.5 Å². The molecule has 0 heterocycles. The maximum Gasteiger partial charge on any atom is 0.253 e. The monoisotopic (exact) mass is 243 g/mol. The smallest absolute Gasteiger partial charge is 0.253 e. The van der Waals surface area contributed by atoms with Crippen LogP contribution in [0.15, 0.2) is 24.3 Å². The van der Waals surface area contributed by atoms with Crippen molar-refractivity contribution in [2.45, 2.75) is 25.2 Å². The summed E-state index contributed by atoms with van der Waals surface area (Å²) in [5.74, 6) is 0. The highest BCUT2D eigenvalue weighted by atomic mass is 28.3. The Kier molecular flexibility index (Phi) is 3.43. The molecule has 0 N–H and O–H groups in total. The van der Waals surface area contributed by atoms with Gasteiger partial charge in [0.25, 0.3) is 5.55 Å². The van der Waals surface area contributed by atoms with Gasteiger partial charge >= 0.3 is 0 Å². The average molecular weight is 243 g/mol. The van der Waals surface area contributed by atoms with Crippen molar-refractivity contribution < 1.29 is 8.78 Å². The van der Waals surface area contributed by atoms with Gasteiger partial charge < -0.3 is 4.90 Å². The summed E-state index contributed by atoms with van der Waals surface area (Å²) in [5, 5.41) is 0.